The van der Waals surface area contributed by atoms with Crippen molar-refractivity contribution in [1.82, 2.24) is 20.1 Å². The number of anilines is 3. The van der Waals surface area contributed by atoms with Crippen LogP contribution in [0.4, 0.5) is 17.6 Å². The van der Waals surface area contributed by atoms with Crippen LogP contribution in [0.15, 0.2) is 28.8 Å². The molecule has 0 aliphatic heterocycles. The van der Waals surface area contributed by atoms with Crippen LogP contribution in [0.5, 0.6) is 5.75 Å². The van der Waals surface area contributed by atoms with Crippen LogP contribution in [-0.4, -0.2) is 38.9 Å². The Morgan fingerprint density at radius 2 is 2.03 bits per heavy atom. The maximum atomic E-state index is 12.0. The number of thioether (sulfide) groups is 1. The SMILES string of the molecule is COc1ccccc1Nc1nc(N)nc(COC(=O)CSCc2c(C)noc2C)n1. The van der Waals surface area contributed by atoms with Gasteiger partial charge in [0.15, 0.2) is 12.4 Å². The molecule has 0 amide bonds. The molecule has 30 heavy (non-hydrogen) atoms. The van der Waals surface area contributed by atoms with Gasteiger partial charge in [0.2, 0.25) is 11.9 Å². The standard InChI is InChI=1S/C19H22N6O4S/c1-11-13(12(2)29-25-11)9-30-10-17(26)28-8-16-22-18(20)24-19(23-16)21-14-6-4-5-7-15(14)27-3/h4-7H,8-10H2,1-3H3,(H3,20,21,22,23,24). The van der Waals surface area contributed by atoms with Crippen LogP contribution in [-0.2, 0) is 21.9 Å². The lowest BCUT2D eigenvalue weighted by atomic mass is 10.2. The van der Waals surface area contributed by atoms with E-state index in [2.05, 4.69) is 25.4 Å². The normalized spacial score (nSPS) is 10.6. The van der Waals surface area contributed by atoms with Crippen LogP contribution in [0.25, 0.3) is 0 Å². The molecule has 0 fully saturated rings. The number of benzene rings is 1. The summed E-state index contributed by atoms with van der Waals surface area (Å²) in [5, 5.41) is 6.92. The lowest BCUT2D eigenvalue weighted by molar-refractivity contribution is -0.141. The van der Waals surface area contributed by atoms with E-state index in [1.165, 1.54) is 11.8 Å². The maximum Gasteiger partial charge on any atom is 0.316 e. The number of hydrogen-bond acceptors (Lipinski definition) is 11. The van der Waals surface area contributed by atoms with E-state index in [0.717, 1.165) is 17.0 Å². The van der Waals surface area contributed by atoms with Crippen LogP contribution in [0.1, 0.15) is 22.8 Å². The van der Waals surface area contributed by atoms with Gasteiger partial charge < -0.3 is 25.0 Å². The minimum atomic E-state index is -0.384. The third-order valence-corrected chi connectivity index (χ3v) is 4.99. The number of aromatic nitrogens is 4. The molecule has 0 saturated heterocycles. The molecule has 0 unspecified atom stereocenters. The van der Waals surface area contributed by atoms with E-state index >= 15 is 0 Å². The highest BCUT2D eigenvalue weighted by Crippen LogP contribution is 2.25. The number of rotatable bonds is 9. The zero-order chi connectivity index (χ0) is 21.5. The van der Waals surface area contributed by atoms with Gasteiger partial charge in [-0.1, -0.05) is 17.3 Å². The third kappa shape index (κ3) is 5.60. The van der Waals surface area contributed by atoms with Gasteiger partial charge in [0.25, 0.3) is 0 Å². The Morgan fingerprint density at radius 3 is 2.77 bits per heavy atom. The summed E-state index contributed by atoms with van der Waals surface area (Å²) in [5.74, 6) is 2.27. The predicted octanol–water partition coefficient (Wildman–Crippen LogP) is 2.79. The molecule has 0 spiro atoms. The second-order valence-corrected chi connectivity index (χ2v) is 7.20. The topological polar surface area (TPSA) is 138 Å². The monoisotopic (exact) mass is 430 g/mol. The molecule has 0 atom stereocenters. The average Bonchev–Trinajstić information content (AvgIpc) is 3.04. The first kappa shape index (κ1) is 21.4. The lowest BCUT2D eigenvalue weighted by Crippen LogP contribution is -2.12. The van der Waals surface area contributed by atoms with Gasteiger partial charge in [-0.25, -0.2) is 0 Å². The van der Waals surface area contributed by atoms with Crippen molar-refractivity contribution < 1.29 is 18.8 Å². The first-order chi connectivity index (χ1) is 14.5. The molecule has 11 heteroatoms. The number of para-hydroxylation sites is 2. The van der Waals surface area contributed by atoms with Crippen LogP contribution < -0.4 is 15.8 Å². The number of nitrogens with two attached hydrogens (primary N) is 1. The summed E-state index contributed by atoms with van der Waals surface area (Å²) in [4.78, 5) is 24.4. The van der Waals surface area contributed by atoms with E-state index < -0.39 is 0 Å². The van der Waals surface area contributed by atoms with Crippen molar-refractivity contribution in [3.05, 3.63) is 47.1 Å². The van der Waals surface area contributed by atoms with Crippen LogP contribution >= 0.6 is 11.8 Å². The number of esters is 1. The third-order valence-electron chi connectivity index (χ3n) is 4.06. The van der Waals surface area contributed by atoms with E-state index in [1.54, 1.807) is 13.2 Å². The number of methoxy groups -OCH3 is 1. The van der Waals surface area contributed by atoms with E-state index in [1.807, 2.05) is 32.0 Å². The summed E-state index contributed by atoms with van der Waals surface area (Å²) in [6.07, 6.45) is 0. The Hall–Kier alpha value is -3.34. The molecular weight excluding hydrogens is 408 g/mol. The molecular formula is C19H22N6O4S. The number of ether oxygens (including phenoxy) is 2. The molecule has 0 saturated carbocycles. The lowest BCUT2D eigenvalue weighted by Gasteiger charge is -2.11. The number of aryl methyl sites for hydroxylation is 2. The highest BCUT2D eigenvalue weighted by atomic mass is 32.2. The Kier molecular flexibility index (Phi) is 7.07. The number of carbonyl (C=O) groups is 1. The summed E-state index contributed by atoms with van der Waals surface area (Å²) in [6, 6.07) is 7.31. The summed E-state index contributed by atoms with van der Waals surface area (Å²) in [6.45, 7) is 3.60. The number of carbonyl (C=O) groups excluding carboxylic acids is 1. The molecule has 3 rings (SSSR count). The largest absolute Gasteiger partial charge is 0.495 e. The van der Waals surface area contributed by atoms with Gasteiger partial charge >= 0.3 is 5.97 Å². The van der Waals surface area contributed by atoms with Crippen LogP contribution in [0.2, 0.25) is 0 Å². The number of nitrogen functional groups attached to an aromatic ring is 1. The number of nitrogens with one attached hydrogen (secondary N) is 1. The molecule has 0 radical (unpaired) electrons. The molecule has 0 bridgehead atoms. The van der Waals surface area contributed by atoms with Gasteiger partial charge in [0.05, 0.1) is 24.2 Å². The molecule has 10 nitrogen and oxygen atoms in total. The van der Waals surface area contributed by atoms with E-state index in [9.17, 15) is 4.79 Å². The number of nitrogens with zero attached hydrogens (tertiary/aromatic N) is 4. The fraction of sp³-hybridized carbons (Fsp3) is 0.316. The molecule has 3 N–H and O–H groups in total. The highest BCUT2D eigenvalue weighted by Gasteiger charge is 2.12. The van der Waals surface area contributed by atoms with Gasteiger partial charge in [-0.2, -0.15) is 15.0 Å². The van der Waals surface area contributed by atoms with Gasteiger partial charge in [0, 0.05) is 11.3 Å². The summed E-state index contributed by atoms with van der Waals surface area (Å²) in [5.41, 5.74) is 8.24. The van der Waals surface area contributed by atoms with E-state index in [4.69, 9.17) is 19.7 Å². The smallest absolute Gasteiger partial charge is 0.316 e. The molecule has 3 aromatic rings. The number of hydrogen-bond donors (Lipinski definition) is 2. The van der Waals surface area contributed by atoms with Crippen molar-refractivity contribution in [3.63, 3.8) is 0 Å². The molecule has 0 aliphatic rings. The maximum absolute atomic E-state index is 12.0. The Morgan fingerprint density at radius 1 is 1.23 bits per heavy atom. The first-order valence-electron chi connectivity index (χ1n) is 9.02. The molecule has 2 aromatic heterocycles. The predicted molar refractivity (Wildman–Crippen MR) is 112 cm³/mol. The summed E-state index contributed by atoms with van der Waals surface area (Å²) >= 11 is 1.42. The molecule has 2 heterocycles. The van der Waals surface area contributed by atoms with E-state index in [0.29, 0.717) is 17.2 Å². The van der Waals surface area contributed by atoms with Crippen molar-refractivity contribution in [3.8, 4) is 5.75 Å². The first-order valence-corrected chi connectivity index (χ1v) is 10.2. The van der Waals surface area contributed by atoms with Crippen LogP contribution in [0, 0.1) is 13.8 Å². The fourth-order valence-electron chi connectivity index (χ4n) is 2.56. The van der Waals surface area contributed by atoms with Gasteiger partial charge in [-0.3, -0.25) is 4.79 Å². The minimum Gasteiger partial charge on any atom is -0.495 e. The van der Waals surface area contributed by atoms with Crippen molar-refractivity contribution >= 4 is 35.3 Å². The Balaban J connectivity index is 1.54. The van der Waals surface area contributed by atoms with E-state index in [-0.39, 0.29) is 36.1 Å². The average molecular weight is 430 g/mol. The van der Waals surface area contributed by atoms with Crippen molar-refractivity contribution in [2.45, 2.75) is 26.2 Å². The summed E-state index contributed by atoms with van der Waals surface area (Å²) < 4.78 is 15.7. The second kappa shape index (κ2) is 9.92. The minimum absolute atomic E-state index is 0.0150. The van der Waals surface area contributed by atoms with Crippen LogP contribution in [0.3, 0.4) is 0 Å². The van der Waals surface area contributed by atoms with Gasteiger partial charge in [-0.05, 0) is 26.0 Å². The second-order valence-electron chi connectivity index (χ2n) is 6.21. The molecule has 1 aromatic carbocycles. The quantitative estimate of drug-likeness (QED) is 0.484. The molecule has 0 aliphatic carbocycles. The Bertz CT molecular complexity index is 1010. The fourth-order valence-corrected chi connectivity index (χ4v) is 3.53. The van der Waals surface area contributed by atoms with Crippen molar-refractivity contribution in [2.24, 2.45) is 0 Å². The van der Waals surface area contributed by atoms with Crippen molar-refractivity contribution in [1.29, 1.82) is 0 Å². The van der Waals surface area contributed by atoms with Gasteiger partial charge in [-0.15, -0.1) is 11.8 Å². The summed E-state index contributed by atoms with van der Waals surface area (Å²) in [7, 11) is 1.57. The van der Waals surface area contributed by atoms with Gasteiger partial charge in [0.1, 0.15) is 11.5 Å². The Labute approximate surface area is 177 Å². The highest BCUT2D eigenvalue weighted by molar-refractivity contribution is 7.99. The molecule has 158 valence electrons. The van der Waals surface area contributed by atoms with Crippen molar-refractivity contribution in [2.75, 3.05) is 23.9 Å². The zero-order valence-corrected chi connectivity index (χ0v) is 17.7. The zero-order valence-electron chi connectivity index (χ0n) is 16.8.